The second-order valence-corrected chi connectivity index (χ2v) is 10.9. The molecule has 0 atom stereocenters. The molecule has 0 radical (unpaired) electrons. The van der Waals surface area contributed by atoms with Crippen LogP contribution in [-0.4, -0.2) is 8.75 Å². The molecule has 2 aromatic carbocycles. The lowest BCUT2D eigenvalue weighted by atomic mass is 10.0. The summed E-state index contributed by atoms with van der Waals surface area (Å²) in [6.45, 7) is 8.28. The monoisotopic (exact) mass is 516 g/mol. The second kappa shape index (κ2) is 8.47. The molecular formula is C24H18ClFN2S4. The number of hydrogen-bond donors (Lipinski definition) is 0. The van der Waals surface area contributed by atoms with Gasteiger partial charge in [0.05, 0.1) is 22.3 Å². The summed E-state index contributed by atoms with van der Waals surface area (Å²) in [5.41, 5.74) is 4.79. The van der Waals surface area contributed by atoms with E-state index in [2.05, 4.69) is 40.1 Å². The minimum absolute atomic E-state index is 0.111. The molecule has 0 saturated carbocycles. The van der Waals surface area contributed by atoms with Gasteiger partial charge < -0.3 is 0 Å². The van der Waals surface area contributed by atoms with E-state index >= 15 is 4.39 Å². The van der Waals surface area contributed by atoms with E-state index in [0.717, 1.165) is 26.9 Å². The van der Waals surface area contributed by atoms with Crippen molar-refractivity contribution in [3.8, 4) is 20.9 Å². The van der Waals surface area contributed by atoms with E-state index < -0.39 is 5.82 Å². The lowest BCUT2D eigenvalue weighted by molar-refractivity contribution is 0.634. The Morgan fingerprint density at radius 1 is 0.844 bits per heavy atom. The zero-order valence-electron chi connectivity index (χ0n) is 17.7. The highest BCUT2D eigenvalue weighted by atomic mass is 35.5. The van der Waals surface area contributed by atoms with Crippen molar-refractivity contribution in [2.45, 2.75) is 27.7 Å². The van der Waals surface area contributed by atoms with Crippen molar-refractivity contribution in [3.05, 3.63) is 57.0 Å². The molecule has 8 heteroatoms. The van der Waals surface area contributed by atoms with E-state index in [-0.39, 0.29) is 5.02 Å². The molecule has 0 aliphatic carbocycles. The van der Waals surface area contributed by atoms with Gasteiger partial charge in [0.25, 0.3) is 0 Å². The first-order chi connectivity index (χ1) is 15.6. The molecule has 0 aliphatic heterocycles. The lowest BCUT2D eigenvalue weighted by Crippen LogP contribution is -1.91. The largest absolute Gasteiger partial charge is 0.205 e. The molecule has 0 amide bonds. The maximum absolute atomic E-state index is 15.7. The van der Waals surface area contributed by atoms with Crippen LogP contribution < -0.4 is 0 Å². The molecule has 32 heavy (non-hydrogen) atoms. The molecule has 4 aromatic heterocycles. The van der Waals surface area contributed by atoms with Crippen LogP contribution in [0.2, 0.25) is 5.02 Å². The first-order valence-corrected chi connectivity index (χ1v) is 13.8. The number of rotatable bonds is 2. The van der Waals surface area contributed by atoms with E-state index in [1.54, 1.807) is 22.7 Å². The van der Waals surface area contributed by atoms with Crippen LogP contribution in [0.5, 0.6) is 0 Å². The Hall–Kier alpha value is -1.90. The number of nitrogens with zero attached hydrogens (tertiary/aromatic N) is 2. The van der Waals surface area contributed by atoms with E-state index in [1.165, 1.54) is 37.2 Å². The number of fused-ring (bicyclic) bond motifs is 3. The smallest absolute Gasteiger partial charge is 0.153 e. The summed E-state index contributed by atoms with van der Waals surface area (Å²) < 4.78 is 27.1. The van der Waals surface area contributed by atoms with Crippen molar-refractivity contribution >= 4 is 88.5 Å². The fourth-order valence-electron chi connectivity index (χ4n) is 4.03. The summed E-state index contributed by atoms with van der Waals surface area (Å²) in [5.74, 6) is -0.427. The van der Waals surface area contributed by atoms with Crippen LogP contribution in [0.15, 0.2) is 35.0 Å². The zero-order chi connectivity index (χ0) is 22.6. The zero-order valence-corrected chi connectivity index (χ0v) is 21.8. The van der Waals surface area contributed by atoms with Crippen molar-refractivity contribution in [1.29, 1.82) is 0 Å². The maximum Gasteiger partial charge on any atom is 0.153 e. The van der Waals surface area contributed by atoms with Gasteiger partial charge in [0, 0.05) is 24.7 Å². The molecular weight excluding hydrogens is 499 g/mol. The molecule has 2 nitrogen and oxygen atoms in total. The van der Waals surface area contributed by atoms with Crippen LogP contribution in [-0.2, 0) is 0 Å². The quantitative estimate of drug-likeness (QED) is 0.229. The van der Waals surface area contributed by atoms with Crippen molar-refractivity contribution in [1.82, 2.24) is 8.75 Å². The van der Waals surface area contributed by atoms with Crippen molar-refractivity contribution in [3.63, 3.8) is 0 Å². The van der Waals surface area contributed by atoms with Gasteiger partial charge in [-0.3, -0.25) is 0 Å². The van der Waals surface area contributed by atoms with Gasteiger partial charge in [-0.2, -0.15) is 8.75 Å². The Morgan fingerprint density at radius 3 is 2.28 bits per heavy atom. The molecule has 0 spiro atoms. The van der Waals surface area contributed by atoms with Gasteiger partial charge in [-0.25, -0.2) is 4.39 Å². The number of benzene rings is 2. The second-order valence-electron chi connectivity index (χ2n) is 7.08. The third kappa shape index (κ3) is 3.14. The van der Waals surface area contributed by atoms with Gasteiger partial charge in [-0.15, -0.1) is 34.0 Å². The number of halogens is 2. The minimum Gasteiger partial charge on any atom is -0.205 e. The fraction of sp³-hybridized carbons (Fsp3) is 0.167. The summed E-state index contributed by atoms with van der Waals surface area (Å²) in [7, 11) is 0. The van der Waals surface area contributed by atoms with Gasteiger partial charge in [-0.05, 0) is 64.7 Å². The van der Waals surface area contributed by atoms with Gasteiger partial charge in [0.15, 0.2) is 5.82 Å². The normalized spacial score (nSPS) is 11.4. The molecule has 162 valence electrons. The van der Waals surface area contributed by atoms with Crippen LogP contribution in [0.4, 0.5) is 4.39 Å². The van der Waals surface area contributed by atoms with Gasteiger partial charge >= 0.3 is 0 Å². The van der Waals surface area contributed by atoms with Gasteiger partial charge in [-0.1, -0.05) is 31.5 Å². The predicted octanol–water partition coefficient (Wildman–Crippen LogP) is 9.95. The third-order valence-electron chi connectivity index (χ3n) is 5.49. The average Bonchev–Trinajstić information content (AvgIpc) is 3.60. The lowest BCUT2D eigenvalue weighted by Gasteiger charge is -2.09. The maximum atomic E-state index is 15.7. The first kappa shape index (κ1) is 21.9. The molecule has 0 saturated heterocycles. The fourth-order valence-corrected chi connectivity index (χ4v) is 7.95. The molecule has 0 fully saturated rings. The van der Waals surface area contributed by atoms with Crippen LogP contribution in [0, 0.1) is 19.7 Å². The average molecular weight is 517 g/mol. The standard InChI is InChI=1S/C22H12ClFN2S4.C2H6/c1-9-11-5-7-28-21(11)10(2)12-8-14(29-22(9)12)16-18(24)17(23)15(13-4-3-6-27-13)19-20(16)26-30-25-19;1-2/h3-8H,1-2H3;1-2H3. The highest BCUT2D eigenvalue weighted by molar-refractivity contribution is 7.23. The number of hydrogen-bond acceptors (Lipinski definition) is 6. The van der Waals surface area contributed by atoms with Crippen molar-refractivity contribution in [2.24, 2.45) is 0 Å². The first-order valence-electron chi connectivity index (χ1n) is 10.1. The van der Waals surface area contributed by atoms with E-state index in [1.807, 2.05) is 31.4 Å². The van der Waals surface area contributed by atoms with Gasteiger partial charge in [0.2, 0.25) is 0 Å². The van der Waals surface area contributed by atoms with E-state index in [0.29, 0.717) is 22.2 Å². The number of thiophene rings is 3. The van der Waals surface area contributed by atoms with Crippen molar-refractivity contribution in [2.75, 3.05) is 0 Å². The van der Waals surface area contributed by atoms with Gasteiger partial charge in [0.1, 0.15) is 11.0 Å². The summed E-state index contributed by atoms with van der Waals surface area (Å²) in [6.07, 6.45) is 0. The van der Waals surface area contributed by atoms with E-state index in [4.69, 9.17) is 11.6 Å². The summed E-state index contributed by atoms with van der Waals surface area (Å²) in [4.78, 5) is 1.73. The van der Waals surface area contributed by atoms with Crippen molar-refractivity contribution < 1.29 is 4.39 Å². The Bertz CT molecular complexity index is 1540. The molecule has 0 aliphatic rings. The Labute approximate surface area is 206 Å². The summed E-state index contributed by atoms with van der Waals surface area (Å²) >= 11 is 12.5. The topological polar surface area (TPSA) is 25.8 Å². The predicted molar refractivity (Wildman–Crippen MR) is 143 cm³/mol. The molecule has 6 rings (SSSR count). The molecule has 0 bridgehead atoms. The molecule has 6 aromatic rings. The molecule has 0 N–H and O–H groups in total. The van der Waals surface area contributed by atoms with Crippen LogP contribution in [0.25, 0.3) is 52.1 Å². The Balaban J connectivity index is 0.00000105. The Morgan fingerprint density at radius 2 is 1.56 bits per heavy atom. The molecule has 0 unspecified atom stereocenters. The van der Waals surface area contributed by atoms with Crippen LogP contribution in [0.1, 0.15) is 25.0 Å². The summed E-state index contributed by atoms with van der Waals surface area (Å²) in [5, 5.41) is 6.62. The SMILES string of the molecule is CC.Cc1c2cc(-c3c(F)c(Cl)c(-c4cccs4)c4nsnc34)sc2c(C)c2ccsc12. The number of aromatic nitrogens is 2. The minimum atomic E-state index is -0.427. The third-order valence-corrected chi connectivity index (χ3v) is 9.57. The number of aryl methyl sites for hydroxylation is 2. The highest BCUT2D eigenvalue weighted by Crippen LogP contribution is 2.48. The molecule has 4 heterocycles. The van der Waals surface area contributed by atoms with Crippen LogP contribution >= 0.6 is 57.3 Å². The summed E-state index contributed by atoms with van der Waals surface area (Å²) in [6, 6.07) is 8.11. The van der Waals surface area contributed by atoms with Crippen LogP contribution in [0.3, 0.4) is 0 Å². The highest BCUT2D eigenvalue weighted by Gasteiger charge is 2.26. The Kier molecular flexibility index (Phi) is 5.80. The van der Waals surface area contributed by atoms with E-state index in [9.17, 15) is 0 Å².